The third kappa shape index (κ3) is 4.99. The zero-order valence-corrected chi connectivity index (χ0v) is 20.6. The predicted molar refractivity (Wildman–Crippen MR) is 108 cm³/mol. The molecule has 0 spiro atoms. The molecule has 2 atom stereocenters. The number of thiazole rings is 1. The molecule has 15 heteroatoms. The van der Waals surface area contributed by atoms with Gasteiger partial charge in [0, 0.05) is 22.3 Å². The van der Waals surface area contributed by atoms with E-state index in [1.807, 2.05) is 0 Å². The molecule has 32 heavy (non-hydrogen) atoms. The molecule has 2 aliphatic rings. The molecular formula is C17H16N5NaO7S2. The van der Waals surface area contributed by atoms with Gasteiger partial charge in [-0.05, 0) is 6.92 Å². The van der Waals surface area contributed by atoms with Gasteiger partial charge in [-0.15, -0.1) is 23.1 Å². The summed E-state index contributed by atoms with van der Waals surface area (Å²) in [5, 5.41) is 27.0. The van der Waals surface area contributed by atoms with Crippen molar-refractivity contribution in [3.63, 3.8) is 0 Å². The molecule has 164 valence electrons. The summed E-state index contributed by atoms with van der Waals surface area (Å²) in [6.45, 7) is 4.54. The molecule has 0 radical (unpaired) electrons. The number of ether oxygens (including phenoxy) is 1. The van der Waals surface area contributed by atoms with Crippen LogP contribution >= 0.6 is 23.1 Å². The monoisotopic (exact) mass is 489 g/mol. The number of nitrogens with two attached hydrogens (primary N) is 1. The van der Waals surface area contributed by atoms with Gasteiger partial charge in [0.2, 0.25) is 0 Å². The van der Waals surface area contributed by atoms with Gasteiger partial charge in [-0.3, -0.25) is 14.5 Å². The number of hydrogen-bond acceptors (Lipinski definition) is 12. The number of thioether (sulfide) groups is 1. The van der Waals surface area contributed by atoms with E-state index in [4.69, 9.17) is 15.7 Å². The number of nitrogen functional groups attached to an aromatic ring is 1. The molecule has 12 nitrogen and oxygen atoms in total. The number of nitrogens with zero attached hydrogens (tertiary/aromatic N) is 3. The first kappa shape index (κ1) is 25.9. The Kier molecular flexibility index (Phi) is 8.47. The van der Waals surface area contributed by atoms with Crippen molar-refractivity contribution in [2.75, 3.05) is 18.1 Å². The van der Waals surface area contributed by atoms with Gasteiger partial charge >= 0.3 is 35.5 Å². The van der Waals surface area contributed by atoms with Gasteiger partial charge in [0.05, 0.1) is 11.7 Å². The number of rotatable bonds is 7. The molecule has 1 aromatic rings. The van der Waals surface area contributed by atoms with Gasteiger partial charge in [-0.1, -0.05) is 11.7 Å². The second kappa shape index (κ2) is 10.5. The fourth-order valence-corrected chi connectivity index (χ4v) is 4.75. The predicted octanol–water partition coefficient (Wildman–Crippen LogP) is -4.57. The van der Waals surface area contributed by atoms with Gasteiger partial charge in [-0.25, -0.2) is 9.78 Å². The van der Waals surface area contributed by atoms with Crippen molar-refractivity contribution >= 4 is 57.7 Å². The minimum absolute atomic E-state index is 0. The third-order valence-corrected chi connectivity index (χ3v) is 6.35. The molecule has 3 heterocycles. The standard InChI is InChI=1S/C17H17N5O7S2.Na/c1-6(2)16(27)29-3-7-4-30-14-10(13(24)22(14)11(7)15(25)26)20-12(23)9(21-28)8-5-31-17(18)19-8;/h5,10,14,28H,1,3-4H2,2H3,(H2,18,19)(H,20,23)(H,25,26);/q;+1/p-1/b21-9-;. The van der Waals surface area contributed by atoms with Gasteiger partial charge < -0.3 is 30.9 Å². The first-order valence-electron chi connectivity index (χ1n) is 8.60. The number of amides is 2. The number of fused-ring (bicyclic) bond motifs is 1. The summed E-state index contributed by atoms with van der Waals surface area (Å²) >= 11 is 2.20. The van der Waals surface area contributed by atoms with Gasteiger partial charge in [0.25, 0.3) is 11.8 Å². The number of carbonyl (C=O) groups excluding carboxylic acids is 4. The Hall–Kier alpha value is -2.39. The van der Waals surface area contributed by atoms with Crippen molar-refractivity contribution in [2.45, 2.75) is 18.3 Å². The van der Waals surface area contributed by atoms with Crippen molar-refractivity contribution in [1.82, 2.24) is 15.2 Å². The minimum atomic E-state index is -1.61. The molecule has 1 saturated heterocycles. The minimum Gasteiger partial charge on any atom is -0.543 e. The van der Waals surface area contributed by atoms with Crippen molar-refractivity contribution in [3.05, 3.63) is 34.5 Å². The number of carboxylic acids is 1. The van der Waals surface area contributed by atoms with E-state index < -0.39 is 46.6 Å². The third-order valence-electron chi connectivity index (χ3n) is 4.33. The Morgan fingerprint density at radius 1 is 1.50 bits per heavy atom. The van der Waals surface area contributed by atoms with Crippen LogP contribution in [0.5, 0.6) is 0 Å². The molecule has 1 fully saturated rings. The molecule has 0 bridgehead atoms. The quantitative estimate of drug-likeness (QED) is 0.0640. The van der Waals surface area contributed by atoms with E-state index in [0.29, 0.717) is 0 Å². The van der Waals surface area contributed by atoms with Crippen LogP contribution < -0.4 is 45.7 Å². The van der Waals surface area contributed by atoms with E-state index >= 15 is 0 Å². The van der Waals surface area contributed by atoms with Gasteiger partial charge in [0.15, 0.2) is 10.8 Å². The number of nitrogens with one attached hydrogen (secondary N) is 1. The zero-order valence-electron chi connectivity index (χ0n) is 17.0. The number of oxime groups is 1. The van der Waals surface area contributed by atoms with Crippen molar-refractivity contribution < 1.29 is 63.8 Å². The molecule has 4 N–H and O–H groups in total. The van der Waals surface area contributed by atoms with Crippen molar-refractivity contribution in [2.24, 2.45) is 5.16 Å². The fourth-order valence-electron chi connectivity index (χ4n) is 2.88. The molecule has 0 saturated carbocycles. The molecule has 0 aliphatic carbocycles. The number of carbonyl (C=O) groups is 4. The van der Waals surface area contributed by atoms with Gasteiger partial charge in [0.1, 0.15) is 23.7 Å². The van der Waals surface area contributed by atoms with Crippen LogP contribution in [-0.4, -0.2) is 68.3 Å². The van der Waals surface area contributed by atoms with E-state index in [0.717, 1.165) is 16.2 Å². The SMILES string of the molecule is C=C(C)C(=O)OCC1=C(C(=O)[O-])N2C(=O)C(NC(=O)/C(=N\O)c3csc(N)n3)C2SC1.[Na+]. The normalized spacial score (nSPS) is 20.0. The average Bonchev–Trinajstić information content (AvgIpc) is 3.15. The number of esters is 1. The Morgan fingerprint density at radius 2 is 2.19 bits per heavy atom. The maximum absolute atomic E-state index is 12.6. The second-order valence-corrected chi connectivity index (χ2v) is 8.47. The molecular weight excluding hydrogens is 473 g/mol. The molecule has 2 aliphatic heterocycles. The van der Waals surface area contributed by atoms with E-state index in [-0.39, 0.29) is 63.9 Å². The van der Waals surface area contributed by atoms with Gasteiger partial charge in [-0.2, -0.15) is 0 Å². The second-order valence-electron chi connectivity index (χ2n) is 6.48. The first-order valence-corrected chi connectivity index (χ1v) is 10.5. The van der Waals surface area contributed by atoms with Crippen LogP contribution in [0.4, 0.5) is 5.13 Å². The summed E-state index contributed by atoms with van der Waals surface area (Å²) in [4.78, 5) is 53.1. The van der Waals surface area contributed by atoms with E-state index in [1.54, 1.807) is 0 Å². The maximum Gasteiger partial charge on any atom is 1.00 e. The summed E-state index contributed by atoms with van der Waals surface area (Å²) in [6.07, 6.45) is 0. The molecule has 2 amide bonds. The Balaban J connectivity index is 0.00000363. The number of aliphatic carboxylic acids is 1. The molecule has 3 rings (SSSR count). The average molecular weight is 489 g/mol. The fraction of sp³-hybridized carbons (Fsp3) is 0.294. The smallest absolute Gasteiger partial charge is 0.543 e. The van der Waals surface area contributed by atoms with Crippen LogP contribution in [0.2, 0.25) is 0 Å². The first-order chi connectivity index (χ1) is 14.6. The summed E-state index contributed by atoms with van der Waals surface area (Å²) < 4.78 is 4.99. The van der Waals surface area contributed by atoms with E-state index in [9.17, 15) is 24.3 Å². The van der Waals surface area contributed by atoms with E-state index in [1.165, 1.54) is 24.1 Å². The number of aromatic nitrogens is 1. The summed E-state index contributed by atoms with van der Waals surface area (Å²) in [5.74, 6) is -3.77. The Bertz CT molecular complexity index is 1050. The van der Waals surface area contributed by atoms with Crippen LogP contribution in [0, 0.1) is 0 Å². The topological polar surface area (TPSA) is 187 Å². The van der Waals surface area contributed by atoms with Crippen LogP contribution in [0.3, 0.4) is 0 Å². The Labute approximate surface area is 211 Å². The van der Waals surface area contributed by atoms with Crippen molar-refractivity contribution in [3.8, 4) is 0 Å². The number of β-lactam (4-membered cyclic amide) rings is 1. The summed E-state index contributed by atoms with van der Waals surface area (Å²) in [5.41, 5.74) is 5.01. The number of anilines is 1. The van der Waals surface area contributed by atoms with Crippen LogP contribution in [0.25, 0.3) is 0 Å². The largest absolute Gasteiger partial charge is 1.00 e. The van der Waals surface area contributed by atoms with Crippen LogP contribution in [0.15, 0.2) is 34.0 Å². The van der Waals surface area contributed by atoms with Crippen LogP contribution in [-0.2, 0) is 23.9 Å². The van der Waals surface area contributed by atoms with Crippen LogP contribution in [0.1, 0.15) is 12.6 Å². The number of carboxylic acid groups (broad SMARTS) is 1. The molecule has 2 unspecified atom stereocenters. The summed E-state index contributed by atoms with van der Waals surface area (Å²) in [7, 11) is 0. The van der Waals surface area contributed by atoms with Crippen molar-refractivity contribution in [1.29, 1.82) is 0 Å². The molecule has 1 aromatic heterocycles. The number of hydrogen-bond donors (Lipinski definition) is 3. The zero-order chi connectivity index (χ0) is 22.9. The van der Waals surface area contributed by atoms with E-state index in [2.05, 4.69) is 22.0 Å². The Morgan fingerprint density at radius 3 is 2.72 bits per heavy atom. The molecule has 0 aromatic carbocycles. The summed E-state index contributed by atoms with van der Waals surface area (Å²) in [6, 6.07) is -1.07. The maximum atomic E-state index is 12.6.